The van der Waals surface area contributed by atoms with E-state index in [-0.39, 0.29) is 0 Å². The number of hydrogen-bond donors (Lipinski definition) is 1. The minimum absolute atomic E-state index is 0.483. The van der Waals surface area contributed by atoms with Crippen molar-refractivity contribution in [2.75, 3.05) is 14.2 Å². The Morgan fingerprint density at radius 2 is 1.27 bits per heavy atom. The fourth-order valence-corrected chi connectivity index (χ4v) is 5.63. The van der Waals surface area contributed by atoms with Crippen LogP contribution in [-0.2, 0) is 4.57 Å². The molecule has 3 rings (SSSR count). The molecule has 3 aromatic rings. The second kappa shape index (κ2) is 7.77. The summed E-state index contributed by atoms with van der Waals surface area (Å²) >= 11 is 0. The first-order valence-corrected chi connectivity index (χ1v) is 9.99. The quantitative estimate of drug-likeness (QED) is 0.674. The molecule has 4 nitrogen and oxygen atoms in total. The van der Waals surface area contributed by atoms with Crippen LogP contribution in [0.2, 0.25) is 0 Å². The normalized spacial score (nSPS) is 12.4. The van der Waals surface area contributed by atoms with Crippen LogP contribution in [0.4, 0.5) is 0 Å². The summed E-state index contributed by atoms with van der Waals surface area (Å²) in [7, 11) is -0.254. The number of rotatable bonds is 6. The molecule has 0 aliphatic heterocycles. The van der Waals surface area contributed by atoms with E-state index in [2.05, 4.69) is 0 Å². The van der Waals surface area contributed by atoms with E-state index in [1.54, 1.807) is 49.6 Å². The van der Waals surface area contributed by atoms with Gasteiger partial charge in [0, 0.05) is 10.6 Å². The Balaban J connectivity index is 2.16. The lowest BCUT2D eigenvalue weighted by Crippen LogP contribution is -2.21. The third-order valence-electron chi connectivity index (χ3n) is 4.33. The maximum Gasteiger partial charge on any atom is 0.174 e. The summed E-state index contributed by atoms with van der Waals surface area (Å²) in [5.41, 5.74) is 0.513. The molecule has 0 unspecified atom stereocenters. The third kappa shape index (κ3) is 3.26. The van der Waals surface area contributed by atoms with Gasteiger partial charge in [-0.05, 0) is 17.7 Å². The van der Waals surface area contributed by atoms with Crippen LogP contribution in [-0.4, -0.2) is 19.3 Å². The van der Waals surface area contributed by atoms with E-state index < -0.39 is 13.0 Å². The molecule has 0 aliphatic carbocycles. The monoisotopic (exact) mass is 368 g/mol. The lowest BCUT2D eigenvalue weighted by molar-refractivity contribution is 0.255. The Bertz CT molecular complexity index is 866. The molecule has 0 aliphatic rings. The van der Waals surface area contributed by atoms with Crippen molar-refractivity contribution in [3.63, 3.8) is 0 Å². The van der Waals surface area contributed by atoms with Gasteiger partial charge in [0.2, 0.25) is 0 Å². The van der Waals surface area contributed by atoms with Crippen LogP contribution in [0.25, 0.3) is 0 Å². The molecule has 1 atom stereocenters. The average molecular weight is 368 g/mol. The van der Waals surface area contributed by atoms with Crippen molar-refractivity contribution < 1.29 is 19.1 Å². The topological polar surface area (TPSA) is 55.8 Å². The van der Waals surface area contributed by atoms with Gasteiger partial charge in [-0.15, -0.1) is 0 Å². The molecule has 26 heavy (non-hydrogen) atoms. The van der Waals surface area contributed by atoms with E-state index >= 15 is 0 Å². The largest absolute Gasteiger partial charge is 0.493 e. The van der Waals surface area contributed by atoms with Crippen molar-refractivity contribution >= 4 is 17.8 Å². The summed E-state index contributed by atoms with van der Waals surface area (Å²) in [6.45, 7) is 0. The summed E-state index contributed by atoms with van der Waals surface area (Å²) in [6, 6.07) is 23.3. The lowest BCUT2D eigenvalue weighted by Gasteiger charge is -2.25. The van der Waals surface area contributed by atoms with E-state index in [0.717, 1.165) is 0 Å². The predicted molar refractivity (Wildman–Crippen MR) is 104 cm³/mol. The molecular formula is C21H21O4P. The number of benzene rings is 3. The van der Waals surface area contributed by atoms with Gasteiger partial charge in [-0.2, -0.15) is 0 Å². The SMILES string of the molecule is COc1ccc([C@H](O)P(=O)(c2ccccc2)c2ccccc2)cc1OC. The molecule has 0 heterocycles. The lowest BCUT2D eigenvalue weighted by atomic mass is 10.2. The molecule has 5 heteroatoms. The first kappa shape index (κ1) is 18.2. The van der Waals surface area contributed by atoms with Crippen LogP contribution in [0.1, 0.15) is 11.4 Å². The van der Waals surface area contributed by atoms with Crippen LogP contribution < -0.4 is 20.1 Å². The molecule has 0 bridgehead atoms. The molecule has 1 N–H and O–H groups in total. The van der Waals surface area contributed by atoms with Gasteiger partial charge in [0.1, 0.15) is 5.85 Å². The van der Waals surface area contributed by atoms with E-state index in [1.807, 2.05) is 36.4 Å². The van der Waals surface area contributed by atoms with Crippen molar-refractivity contribution in [1.82, 2.24) is 0 Å². The smallest absolute Gasteiger partial charge is 0.174 e. The van der Waals surface area contributed by atoms with Gasteiger partial charge < -0.3 is 19.1 Å². The zero-order chi connectivity index (χ0) is 18.6. The first-order valence-electron chi connectivity index (χ1n) is 8.22. The van der Waals surface area contributed by atoms with Gasteiger partial charge >= 0.3 is 0 Å². The van der Waals surface area contributed by atoms with Crippen LogP contribution >= 0.6 is 7.14 Å². The van der Waals surface area contributed by atoms with E-state index in [4.69, 9.17) is 9.47 Å². The van der Waals surface area contributed by atoms with Crippen molar-refractivity contribution in [2.45, 2.75) is 5.85 Å². The Labute approximate surface area is 153 Å². The zero-order valence-corrected chi connectivity index (χ0v) is 15.6. The second-order valence-corrected chi connectivity index (χ2v) is 8.66. The molecule has 0 saturated heterocycles. The standard InChI is InChI=1S/C21H21O4P/c1-24-19-14-13-16(15-20(19)25-2)21(22)26(23,17-9-5-3-6-10-17)18-11-7-4-8-12-18/h3-15,21-22H,1-2H3/t21-/m1/s1. The number of aliphatic hydroxyl groups is 1. The minimum Gasteiger partial charge on any atom is -0.493 e. The predicted octanol–water partition coefficient (Wildman–Crippen LogP) is 3.71. The molecule has 0 saturated carbocycles. The molecule has 134 valence electrons. The van der Waals surface area contributed by atoms with Gasteiger partial charge in [0.25, 0.3) is 0 Å². The van der Waals surface area contributed by atoms with E-state index in [0.29, 0.717) is 27.7 Å². The molecule has 3 aromatic carbocycles. The van der Waals surface area contributed by atoms with Crippen LogP contribution in [0.3, 0.4) is 0 Å². The Kier molecular flexibility index (Phi) is 5.46. The average Bonchev–Trinajstić information content (AvgIpc) is 2.73. The highest BCUT2D eigenvalue weighted by atomic mass is 31.2. The summed E-state index contributed by atoms with van der Waals surface area (Å²) in [5.74, 6) is -0.165. The van der Waals surface area contributed by atoms with Crippen molar-refractivity contribution in [1.29, 1.82) is 0 Å². The van der Waals surface area contributed by atoms with Crippen molar-refractivity contribution in [3.05, 3.63) is 84.4 Å². The summed E-state index contributed by atoms with van der Waals surface area (Å²) in [6.07, 6.45) is 0. The van der Waals surface area contributed by atoms with Crippen molar-refractivity contribution in [3.8, 4) is 11.5 Å². The highest BCUT2D eigenvalue weighted by Crippen LogP contribution is 2.56. The molecule has 0 radical (unpaired) electrons. The van der Waals surface area contributed by atoms with Gasteiger partial charge in [0.05, 0.1) is 14.2 Å². The highest BCUT2D eigenvalue weighted by Gasteiger charge is 2.36. The minimum atomic E-state index is -3.33. The molecular weight excluding hydrogens is 347 g/mol. The first-order chi connectivity index (χ1) is 12.6. The fourth-order valence-electron chi connectivity index (χ4n) is 2.95. The van der Waals surface area contributed by atoms with E-state index in [9.17, 15) is 9.67 Å². The van der Waals surface area contributed by atoms with Crippen LogP contribution in [0, 0.1) is 0 Å². The maximum absolute atomic E-state index is 14.1. The highest BCUT2D eigenvalue weighted by molar-refractivity contribution is 7.78. The summed E-state index contributed by atoms with van der Waals surface area (Å²) < 4.78 is 24.7. The third-order valence-corrected chi connectivity index (χ3v) is 7.45. The molecule has 0 fully saturated rings. The Morgan fingerprint density at radius 1 is 0.769 bits per heavy atom. The fraction of sp³-hybridized carbons (Fsp3) is 0.143. The molecule has 0 aromatic heterocycles. The molecule has 0 spiro atoms. The number of methoxy groups -OCH3 is 2. The summed E-state index contributed by atoms with van der Waals surface area (Å²) in [4.78, 5) is 0. The van der Waals surface area contributed by atoms with Crippen LogP contribution in [0.15, 0.2) is 78.9 Å². The van der Waals surface area contributed by atoms with Gasteiger partial charge in [0.15, 0.2) is 18.6 Å². The Hall–Kier alpha value is -2.55. The second-order valence-electron chi connectivity index (χ2n) is 5.82. The Morgan fingerprint density at radius 3 is 1.73 bits per heavy atom. The summed E-state index contributed by atoms with van der Waals surface area (Å²) in [5, 5.41) is 12.4. The van der Waals surface area contributed by atoms with Gasteiger partial charge in [-0.1, -0.05) is 66.7 Å². The maximum atomic E-state index is 14.1. The molecule has 0 amide bonds. The number of hydrogen-bond acceptors (Lipinski definition) is 4. The van der Waals surface area contributed by atoms with E-state index in [1.165, 1.54) is 7.11 Å². The van der Waals surface area contributed by atoms with Crippen molar-refractivity contribution in [2.24, 2.45) is 0 Å². The van der Waals surface area contributed by atoms with Gasteiger partial charge in [-0.3, -0.25) is 0 Å². The number of ether oxygens (including phenoxy) is 2. The van der Waals surface area contributed by atoms with Gasteiger partial charge in [-0.25, -0.2) is 0 Å². The van der Waals surface area contributed by atoms with Crippen LogP contribution in [0.5, 0.6) is 11.5 Å². The zero-order valence-electron chi connectivity index (χ0n) is 14.7. The number of aliphatic hydroxyl groups excluding tert-OH is 1.